The van der Waals surface area contributed by atoms with Crippen molar-refractivity contribution in [1.82, 2.24) is 14.3 Å². The molecular formula is C19H23N3O4. The number of hydrogen-bond donors (Lipinski definition) is 1. The van der Waals surface area contributed by atoms with Crippen molar-refractivity contribution in [3.8, 4) is 0 Å². The lowest BCUT2D eigenvalue weighted by atomic mass is 9.58. The summed E-state index contributed by atoms with van der Waals surface area (Å²) in [7, 11) is 1.67. The SMILES string of the molecule is CO[C@@H]1C[C@H](O)C12CCN(C(=O)c1cnc3cccc(C)n3c1=O)CC2. The molecule has 1 saturated heterocycles. The third-order valence-electron chi connectivity index (χ3n) is 6.16. The fourth-order valence-corrected chi connectivity index (χ4v) is 4.43. The normalized spacial score (nSPS) is 24.7. The highest BCUT2D eigenvalue weighted by atomic mass is 16.5. The number of aromatic nitrogens is 2. The fourth-order valence-electron chi connectivity index (χ4n) is 4.43. The molecule has 1 spiro atoms. The van der Waals surface area contributed by atoms with E-state index in [9.17, 15) is 14.7 Å². The maximum atomic E-state index is 12.9. The van der Waals surface area contributed by atoms with Gasteiger partial charge < -0.3 is 14.7 Å². The van der Waals surface area contributed by atoms with Crippen molar-refractivity contribution in [1.29, 1.82) is 0 Å². The summed E-state index contributed by atoms with van der Waals surface area (Å²) in [5.41, 5.74) is 0.776. The van der Waals surface area contributed by atoms with Crippen LogP contribution in [-0.4, -0.2) is 57.7 Å². The Morgan fingerprint density at radius 1 is 1.35 bits per heavy atom. The van der Waals surface area contributed by atoms with Crippen molar-refractivity contribution >= 4 is 11.6 Å². The molecule has 138 valence electrons. The molecule has 3 heterocycles. The van der Waals surface area contributed by atoms with E-state index in [1.807, 2.05) is 19.1 Å². The average molecular weight is 357 g/mol. The highest BCUT2D eigenvalue weighted by Crippen LogP contribution is 2.50. The van der Waals surface area contributed by atoms with Gasteiger partial charge in [-0.2, -0.15) is 0 Å². The van der Waals surface area contributed by atoms with Gasteiger partial charge >= 0.3 is 0 Å². The molecule has 1 saturated carbocycles. The second-order valence-corrected chi connectivity index (χ2v) is 7.34. The van der Waals surface area contributed by atoms with Crippen molar-refractivity contribution in [3.63, 3.8) is 0 Å². The van der Waals surface area contributed by atoms with Crippen LogP contribution in [0, 0.1) is 12.3 Å². The number of carbonyl (C=O) groups is 1. The van der Waals surface area contributed by atoms with Gasteiger partial charge in [-0.3, -0.25) is 14.0 Å². The number of pyridine rings is 1. The van der Waals surface area contributed by atoms with Crippen LogP contribution in [0.3, 0.4) is 0 Å². The molecule has 1 amide bonds. The number of piperidine rings is 1. The zero-order valence-corrected chi connectivity index (χ0v) is 15.0. The van der Waals surface area contributed by atoms with Gasteiger partial charge in [0, 0.05) is 43.9 Å². The first kappa shape index (κ1) is 17.2. The number of likely N-dealkylation sites (tertiary alicyclic amines) is 1. The van der Waals surface area contributed by atoms with Gasteiger partial charge in [-0.05, 0) is 31.9 Å². The van der Waals surface area contributed by atoms with Crippen molar-refractivity contribution in [2.75, 3.05) is 20.2 Å². The number of rotatable bonds is 2. The van der Waals surface area contributed by atoms with Crippen LogP contribution in [0.25, 0.3) is 5.65 Å². The van der Waals surface area contributed by atoms with Gasteiger partial charge in [0.1, 0.15) is 11.2 Å². The summed E-state index contributed by atoms with van der Waals surface area (Å²) in [5.74, 6) is -0.294. The molecule has 1 N–H and O–H groups in total. The monoisotopic (exact) mass is 357 g/mol. The Bertz CT molecular complexity index is 915. The van der Waals surface area contributed by atoms with E-state index in [0.29, 0.717) is 38.0 Å². The second kappa shape index (κ2) is 6.17. The van der Waals surface area contributed by atoms with E-state index in [0.717, 1.165) is 5.69 Å². The number of fused-ring (bicyclic) bond motifs is 1. The molecule has 7 nitrogen and oxygen atoms in total. The number of nitrogens with zero attached hydrogens (tertiary/aromatic N) is 3. The number of carbonyl (C=O) groups excluding carboxylic acids is 1. The molecule has 0 unspecified atom stereocenters. The molecule has 26 heavy (non-hydrogen) atoms. The highest BCUT2D eigenvalue weighted by Gasteiger charge is 2.56. The Morgan fingerprint density at radius 3 is 2.73 bits per heavy atom. The Labute approximate surface area is 151 Å². The van der Waals surface area contributed by atoms with Gasteiger partial charge in [-0.15, -0.1) is 0 Å². The molecule has 1 aliphatic heterocycles. The van der Waals surface area contributed by atoms with Crippen LogP contribution in [0.2, 0.25) is 0 Å². The Kier molecular flexibility index (Phi) is 4.08. The summed E-state index contributed by atoms with van der Waals surface area (Å²) >= 11 is 0. The number of amides is 1. The van der Waals surface area contributed by atoms with E-state index in [4.69, 9.17) is 4.74 Å². The Hall–Kier alpha value is -2.25. The zero-order chi connectivity index (χ0) is 18.5. The lowest BCUT2D eigenvalue weighted by Crippen LogP contribution is -2.62. The van der Waals surface area contributed by atoms with Gasteiger partial charge in [0.2, 0.25) is 0 Å². The number of aliphatic hydroxyl groups is 1. The van der Waals surface area contributed by atoms with E-state index in [2.05, 4.69) is 4.98 Å². The van der Waals surface area contributed by atoms with Gasteiger partial charge in [0.25, 0.3) is 11.5 Å². The maximum Gasteiger partial charge on any atom is 0.270 e. The summed E-state index contributed by atoms with van der Waals surface area (Å²) in [6.07, 6.45) is 3.06. The molecular weight excluding hydrogens is 334 g/mol. The van der Waals surface area contributed by atoms with E-state index >= 15 is 0 Å². The van der Waals surface area contributed by atoms with Gasteiger partial charge in [0.05, 0.1) is 12.2 Å². The zero-order valence-electron chi connectivity index (χ0n) is 15.0. The van der Waals surface area contributed by atoms with Gasteiger partial charge in [0.15, 0.2) is 0 Å². The standard InChI is InChI=1S/C19H23N3O4/c1-12-4-3-5-16-20-11-13(18(25)22(12)16)17(24)21-8-6-19(7-9-21)14(23)10-15(19)26-2/h3-5,11,14-15,23H,6-10H2,1-2H3/t14-,15+/m0/s1. The summed E-state index contributed by atoms with van der Waals surface area (Å²) in [6, 6.07) is 5.40. The smallest absolute Gasteiger partial charge is 0.270 e. The molecule has 2 atom stereocenters. The maximum absolute atomic E-state index is 12.9. The van der Waals surface area contributed by atoms with Crippen molar-refractivity contribution < 1.29 is 14.6 Å². The molecule has 2 aromatic heterocycles. The summed E-state index contributed by atoms with van der Waals surface area (Å²) in [5, 5.41) is 10.2. The lowest BCUT2D eigenvalue weighted by molar-refractivity contribution is -0.199. The quantitative estimate of drug-likeness (QED) is 0.867. The summed E-state index contributed by atoms with van der Waals surface area (Å²) in [4.78, 5) is 31.7. The number of aryl methyl sites for hydroxylation is 1. The van der Waals surface area contributed by atoms with E-state index in [-0.39, 0.29) is 34.7 Å². The third kappa shape index (κ3) is 2.38. The van der Waals surface area contributed by atoms with Crippen LogP contribution in [0.15, 0.2) is 29.2 Å². The van der Waals surface area contributed by atoms with Gasteiger partial charge in [-0.25, -0.2) is 4.98 Å². The van der Waals surface area contributed by atoms with Crippen LogP contribution in [0.1, 0.15) is 35.3 Å². The minimum Gasteiger partial charge on any atom is -0.392 e. The Morgan fingerprint density at radius 2 is 2.08 bits per heavy atom. The first-order valence-corrected chi connectivity index (χ1v) is 8.95. The summed E-state index contributed by atoms with van der Waals surface area (Å²) < 4.78 is 6.95. The molecule has 0 radical (unpaired) electrons. The van der Waals surface area contributed by atoms with Gasteiger partial charge in [-0.1, -0.05) is 6.07 Å². The molecule has 2 fully saturated rings. The van der Waals surface area contributed by atoms with Crippen LogP contribution >= 0.6 is 0 Å². The Balaban J connectivity index is 1.58. The van der Waals surface area contributed by atoms with E-state index < -0.39 is 0 Å². The number of aliphatic hydroxyl groups excluding tert-OH is 1. The lowest BCUT2D eigenvalue weighted by Gasteiger charge is -2.56. The molecule has 2 aliphatic rings. The van der Waals surface area contributed by atoms with E-state index in [1.54, 1.807) is 18.1 Å². The van der Waals surface area contributed by atoms with Crippen LogP contribution in [-0.2, 0) is 4.74 Å². The average Bonchev–Trinajstić information content (AvgIpc) is 2.66. The van der Waals surface area contributed by atoms with Crippen molar-refractivity contribution in [2.24, 2.45) is 5.41 Å². The largest absolute Gasteiger partial charge is 0.392 e. The predicted molar refractivity (Wildman–Crippen MR) is 95.2 cm³/mol. The molecule has 1 aliphatic carbocycles. The first-order chi connectivity index (χ1) is 12.5. The minimum atomic E-state index is -0.375. The minimum absolute atomic E-state index is 0.0466. The summed E-state index contributed by atoms with van der Waals surface area (Å²) in [6.45, 7) is 2.83. The third-order valence-corrected chi connectivity index (χ3v) is 6.16. The first-order valence-electron chi connectivity index (χ1n) is 8.95. The number of methoxy groups -OCH3 is 1. The van der Waals surface area contributed by atoms with Crippen LogP contribution < -0.4 is 5.56 Å². The topological polar surface area (TPSA) is 84.1 Å². The number of ether oxygens (including phenoxy) is 1. The molecule has 0 bridgehead atoms. The van der Waals surface area contributed by atoms with E-state index in [1.165, 1.54) is 10.6 Å². The predicted octanol–water partition coefficient (Wildman–Crippen LogP) is 1.00. The highest BCUT2D eigenvalue weighted by molar-refractivity contribution is 5.93. The molecule has 7 heteroatoms. The van der Waals surface area contributed by atoms with Crippen LogP contribution in [0.4, 0.5) is 0 Å². The van der Waals surface area contributed by atoms with Crippen LogP contribution in [0.5, 0.6) is 0 Å². The number of hydrogen-bond acceptors (Lipinski definition) is 5. The fraction of sp³-hybridized carbons (Fsp3) is 0.526. The molecule has 2 aromatic rings. The molecule has 0 aromatic carbocycles. The van der Waals surface area contributed by atoms with Crippen molar-refractivity contribution in [3.05, 3.63) is 46.0 Å². The van der Waals surface area contributed by atoms with Crippen molar-refractivity contribution in [2.45, 2.75) is 38.4 Å². The molecule has 4 rings (SSSR count). The second-order valence-electron chi connectivity index (χ2n) is 7.34.